The monoisotopic (exact) mass is 223 g/mol. The van der Waals surface area contributed by atoms with Gasteiger partial charge in [-0.1, -0.05) is 13.0 Å². The third kappa shape index (κ3) is 3.14. The zero-order valence-electron chi connectivity index (χ0n) is 10.5. The summed E-state index contributed by atoms with van der Waals surface area (Å²) in [6, 6.07) is 5.93. The number of phenols is 1. The van der Waals surface area contributed by atoms with Gasteiger partial charge in [0.25, 0.3) is 0 Å². The van der Waals surface area contributed by atoms with Gasteiger partial charge in [0, 0.05) is 24.2 Å². The predicted molar refractivity (Wildman–Crippen MR) is 65.9 cm³/mol. The summed E-state index contributed by atoms with van der Waals surface area (Å²) in [4.78, 5) is 2.29. The summed E-state index contributed by atoms with van der Waals surface area (Å²) in [6.07, 6.45) is 0. The van der Waals surface area contributed by atoms with E-state index in [1.54, 1.807) is 13.2 Å². The molecular weight excluding hydrogens is 202 g/mol. The average molecular weight is 223 g/mol. The molecule has 0 saturated carbocycles. The molecule has 1 aromatic rings. The smallest absolute Gasteiger partial charge is 0.123 e. The van der Waals surface area contributed by atoms with Gasteiger partial charge in [0.15, 0.2) is 0 Å². The molecule has 0 aromatic heterocycles. The van der Waals surface area contributed by atoms with E-state index in [0.29, 0.717) is 17.5 Å². The molecule has 0 aliphatic carbocycles. The molecule has 0 unspecified atom stereocenters. The summed E-state index contributed by atoms with van der Waals surface area (Å²) in [5.41, 5.74) is 0.941. The maximum Gasteiger partial charge on any atom is 0.123 e. The lowest BCUT2D eigenvalue weighted by Crippen LogP contribution is -2.29. The van der Waals surface area contributed by atoms with Crippen LogP contribution in [0.4, 0.5) is 0 Å². The second-order valence-electron chi connectivity index (χ2n) is 4.15. The molecule has 0 bridgehead atoms. The third-order valence-corrected chi connectivity index (χ3v) is 2.80. The van der Waals surface area contributed by atoms with Crippen LogP contribution >= 0.6 is 0 Å². The standard InChI is InChI=1S/C13H21NO2/c1-5-14(10(2)3)9-11-6-7-12(16-4)8-13(11)15/h6-8,10,15H,5,9H2,1-4H3. The molecule has 1 rings (SSSR count). The van der Waals surface area contributed by atoms with Crippen molar-refractivity contribution in [3.05, 3.63) is 23.8 Å². The van der Waals surface area contributed by atoms with Crippen LogP contribution in [0.3, 0.4) is 0 Å². The average Bonchev–Trinajstić information content (AvgIpc) is 2.26. The molecule has 0 amide bonds. The molecule has 0 fully saturated rings. The predicted octanol–water partition coefficient (Wildman–Crippen LogP) is 2.63. The van der Waals surface area contributed by atoms with Crippen molar-refractivity contribution in [3.8, 4) is 11.5 Å². The molecule has 0 aliphatic heterocycles. The number of ether oxygens (including phenoxy) is 1. The Morgan fingerprint density at radius 2 is 2.06 bits per heavy atom. The summed E-state index contributed by atoms with van der Waals surface area (Å²) >= 11 is 0. The summed E-state index contributed by atoms with van der Waals surface area (Å²) < 4.78 is 5.06. The summed E-state index contributed by atoms with van der Waals surface area (Å²) in [6.45, 7) is 8.18. The van der Waals surface area contributed by atoms with E-state index in [2.05, 4.69) is 25.7 Å². The lowest BCUT2D eigenvalue weighted by molar-refractivity contribution is 0.222. The van der Waals surface area contributed by atoms with Gasteiger partial charge in [-0.25, -0.2) is 0 Å². The zero-order chi connectivity index (χ0) is 12.1. The second kappa shape index (κ2) is 5.75. The maximum absolute atomic E-state index is 9.84. The Hall–Kier alpha value is -1.22. The number of nitrogens with zero attached hydrogens (tertiary/aromatic N) is 1. The van der Waals surface area contributed by atoms with Crippen molar-refractivity contribution in [1.29, 1.82) is 0 Å². The van der Waals surface area contributed by atoms with E-state index in [0.717, 1.165) is 18.7 Å². The summed E-state index contributed by atoms with van der Waals surface area (Å²) in [5.74, 6) is 0.993. The minimum atomic E-state index is 0.304. The largest absolute Gasteiger partial charge is 0.507 e. The Bertz CT molecular complexity index is 337. The fraction of sp³-hybridized carbons (Fsp3) is 0.538. The first-order valence-electron chi connectivity index (χ1n) is 5.68. The first-order chi connectivity index (χ1) is 7.58. The second-order valence-corrected chi connectivity index (χ2v) is 4.15. The van der Waals surface area contributed by atoms with Gasteiger partial charge in [-0.15, -0.1) is 0 Å². The topological polar surface area (TPSA) is 32.7 Å². The van der Waals surface area contributed by atoms with E-state index in [4.69, 9.17) is 4.74 Å². The van der Waals surface area contributed by atoms with Crippen LogP contribution in [-0.4, -0.2) is 29.7 Å². The molecule has 0 saturated heterocycles. The van der Waals surface area contributed by atoms with Crippen molar-refractivity contribution in [2.45, 2.75) is 33.4 Å². The molecule has 16 heavy (non-hydrogen) atoms. The number of phenolic OH excluding ortho intramolecular Hbond substituents is 1. The summed E-state index contributed by atoms with van der Waals surface area (Å²) in [7, 11) is 1.60. The molecule has 0 heterocycles. The van der Waals surface area contributed by atoms with Gasteiger partial charge in [0.1, 0.15) is 11.5 Å². The van der Waals surface area contributed by atoms with Crippen molar-refractivity contribution in [3.63, 3.8) is 0 Å². The van der Waals surface area contributed by atoms with E-state index in [9.17, 15) is 5.11 Å². The lowest BCUT2D eigenvalue weighted by Gasteiger charge is -2.25. The van der Waals surface area contributed by atoms with Gasteiger partial charge in [-0.3, -0.25) is 4.90 Å². The van der Waals surface area contributed by atoms with E-state index in [-0.39, 0.29) is 0 Å². The first kappa shape index (κ1) is 12.8. The molecule has 3 heteroatoms. The molecule has 1 N–H and O–H groups in total. The lowest BCUT2D eigenvalue weighted by atomic mass is 10.1. The fourth-order valence-electron chi connectivity index (χ4n) is 1.68. The quantitative estimate of drug-likeness (QED) is 0.833. The highest BCUT2D eigenvalue weighted by Gasteiger charge is 2.10. The number of methoxy groups -OCH3 is 1. The van der Waals surface area contributed by atoms with Gasteiger partial charge in [0.05, 0.1) is 7.11 Å². The Morgan fingerprint density at radius 3 is 2.50 bits per heavy atom. The van der Waals surface area contributed by atoms with Crippen LogP contribution in [0.2, 0.25) is 0 Å². The van der Waals surface area contributed by atoms with E-state index < -0.39 is 0 Å². The van der Waals surface area contributed by atoms with Gasteiger partial charge in [0.2, 0.25) is 0 Å². The van der Waals surface area contributed by atoms with Crippen LogP contribution in [0.5, 0.6) is 11.5 Å². The minimum Gasteiger partial charge on any atom is -0.507 e. The van der Waals surface area contributed by atoms with E-state index >= 15 is 0 Å². The van der Waals surface area contributed by atoms with Gasteiger partial charge < -0.3 is 9.84 Å². The van der Waals surface area contributed by atoms with E-state index in [1.807, 2.05) is 12.1 Å². The minimum absolute atomic E-state index is 0.304. The Morgan fingerprint density at radius 1 is 1.38 bits per heavy atom. The summed E-state index contributed by atoms with van der Waals surface area (Å²) in [5, 5.41) is 9.84. The fourth-order valence-corrected chi connectivity index (χ4v) is 1.68. The highest BCUT2D eigenvalue weighted by atomic mass is 16.5. The number of aromatic hydroxyl groups is 1. The van der Waals surface area contributed by atoms with Crippen LogP contribution in [-0.2, 0) is 6.54 Å². The maximum atomic E-state index is 9.84. The molecule has 0 atom stereocenters. The van der Waals surface area contributed by atoms with Crippen LogP contribution < -0.4 is 4.74 Å². The molecule has 1 aromatic carbocycles. The van der Waals surface area contributed by atoms with Crippen molar-refractivity contribution in [1.82, 2.24) is 4.90 Å². The normalized spacial score (nSPS) is 11.1. The Balaban J connectivity index is 2.80. The zero-order valence-corrected chi connectivity index (χ0v) is 10.5. The first-order valence-corrected chi connectivity index (χ1v) is 5.68. The van der Waals surface area contributed by atoms with Crippen molar-refractivity contribution in [2.24, 2.45) is 0 Å². The molecule has 3 nitrogen and oxygen atoms in total. The van der Waals surface area contributed by atoms with Crippen molar-refractivity contribution >= 4 is 0 Å². The van der Waals surface area contributed by atoms with Gasteiger partial charge in [-0.05, 0) is 26.5 Å². The SMILES string of the molecule is CCN(Cc1ccc(OC)cc1O)C(C)C. The van der Waals surface area contributed by atoms with E-state index in [1.165, 1.54) is 0 Å². The number of hydrogen-bond acceptors (Lipinski definition) is 3. The van der Waals surface area contributed by atoms with Crippen LogP contribution in [0.15, 0.2) is 18.2 Å². The van der Waals surface area contributed by atoms with Crippen LogP contribution in [0.25, 0.3) is 0 Å². The molecular formula is C13H21NO2. The van der Waals surface area contributed by atoms with Gasteiger partial charge >= 0.3 is 0 Å². The highest BCUT2D eigenvalue weighted by Crippen LogP contribution is 2.24. The molecule has 90 valence electrons. The highest BCUT2D eigenvalue weighted by molar-refractivity contribution is 5.39. The number of rotatable bonds is 5. The Kier molecular flexibility index (Phi) is 4.62. The number of hydrogen-bond donors (Lipinski definition) is 1. The molecule has 0 aliphatic rings. The number of benzene rings is 1. The molecule has 0 spiro atoms. The van der Waals surface area contributed by atoms with Crippen molar-refractivity contribution in [2.75, 3.05) is 13.7 Å². The Labute approximate surface area is 97.7 Å². The van der Waals surface area contributed by atoms with Crippen molar-refractivity contribution < 1.29 is 9.84 Å². The van der Waals surface area contributed by atoms with Crippen LogP contribution in [0, 0.1) is 0 Å². The third-order valence-electron chi connectivity index (χ3n) is 2.80. The van der Waals surface area contributed by atoms with Gasteiger partial charge in [-0.2, -0.15) is 0 Å². The van der Waals surface area contributed by atoms with Crippen LogP contribution in [0.1, 0.15) is 26.3 Å². The molecule has 0 radical (unpaired) electrons.